The van der Waals surface area contributed by atoms with Gasteiger partial charge in [-0.2, -0.15) is 0 Å². The fourth-order valence-corrected chi connectivity index (χ4v) is 2.64. The molecule has 0 saturated carbocycles. The molecule has 0 unspecified atom stereocenters. The Kier molecular flexibility index (Phi) is 4.96. The van der Waals surface area contributed by atoms with Crippen molar-refractivity contribution in [3.05, 3.63) is 11.9 Å². The molecule has 0 aliphatic carbocycles. The van der Waals surface area contributed by atoms with Crippen LogP contribution in [0.25, 0.3) is 0 Å². The predicted octanol–water partition coefficient (Wildman–Crippen LogP) is 1.54. The molecule has 19 heavy (non-hydrogen) atoms. The minimum Gasteiger partial charge on any atom is -0.383 e. The van der Waals surface area contributed by atoms with Crippen LogP contribution in [0.5, 0.6) is 0 Å². The minimum absolute atomic E-state index is 0.625. The Hall–Kier alpha value is -1.36. The molecular weight excluding hydrogens is 238 g/mol. The predicted molar refractivity (Wildman–Crippen MR) is 79.4 cm³/mol. The van der Waals surface area contributed by atoms with E-state index < -0.39 is 0 Å². The third-order valence-corrected chi connectivity index (χ3v) is 3.77. The van der Waals surface area contributed by atoms with Crippen LogP contribution in [0.2, 0.25) is 0 Å². The van der Waals surface area contributed by atoms with Crippen LogP contribution in [-0.4, -0.2) is 48.1 Å². The molecule has 0 amide bonds. The summed E-state index contributed by atoms with van der Waals surface area (Å²) in [6.07, 6.45) is 6.24. The topological polar surface area (TPSA) is 58.3 Å². The number of likely N-dealkylation sites (N-methyl/N-ethyl adjacent to an activating group) is 1. The van der Waals surface area contributed by atoms with E-state index in [0.717, 1.165) is 37.3 Å². The van der Waals surface area contributed by atoms with Gasteiger partial charge in [-0.15, -0.1) is 0 Å². The monoisotopic (exact) mass is 263 g/mol. The van der Waals surface area contributed by atoms with E-state index in [9.17, 15) is 0 Å². The molecule has 0 spiro atoms. The van der Waals surface area contributed by atoms with Crippen molar-refractivity contribution in [2.75, 3.05) is 43.9 Å². The number of anilines is 2. The Morgan fingerprint density at radius 2 is 2.05 bits per heavy atom. The number of hydrogen-bond acceptors (Lipinski definition) is 5. The summed E-state index contributed by atoms with van der Waals surface area (Å²) in [5, 5.41) is 0. The molecular formula is C14H25N5. The first-order valence-corrected chi connectivity index (χ1v) is 7.25. The van der Waals surface area contributed by atoms with Crippen LogP contribution in [0.15, 0.2) is 6.33 Å². The van der Waals surface area contributed by atoms with Crippen molar-refractivity contribution in [3.63, 3.8) is 0 Å². The number of nitrogens with two attached hydrogens (primary N) is 1. The number of hydrogen-bond donors (Lipinski definition) is 1. The lowest BCUT2D eigenvalue weighted by Gasteiger charge is -2.24. The second kappa shape index (κ2) is 6.70. The van der Waals surface area contributed by atoms with Gasteiger partial charge in [-0.3, -0.25) is 0 Å². The highest BCUT2D eigenvalue weighted by atomic mass is 15.2. The summed E-state index contributed by atoms with van der Waals surface area (Å²) in [6.45, 7) is 6.72. The largest absolute Gasteiger partial charge is 0.383 e. The van der Waals surface area contributed by atoms with Gasteiger partial charge in [0.15, 0.2) is 0 Å². The lowest BCUT2D eigenvalue weighted by Crippen LogP contribution is -2.32. The molecule has 2 rings (SSSR count). The van der Waals surface area contributed by atoms with E-state index in [2.05, 4.69) is 33.7 Å². The summed E-state index contributed by atoms with van der Waals surface area (Å²) in [5.74, 6) is 1.62. The van der Waals surface area contributed by atoms with Crippen LogP contribution in [0.3, 0.4) is 0 Å². The van der Waals surface area contributed by atoms with E-state index >= 15 is 0 Å². The number of likely N-dealkylation sites (tertiary alicyclic amines) is 1. The van der Waals surface area contributed by atoms with Crippen molar-refractivity contribution in [2.45, 2.75) is 32.6 Å². The maximum absolute atomic E-state index is 5.98. The summed E-state index contributed by atoms with van der Waals surface area (Å²) in [7, 11) is 2.09. The second-order valence-corrected chi connectivity index (χ2v) is 5.28. The van der Waals surface area contributed by atoms with E-state index in [1.807, 2.05) is 0 Å². The van der Waals surface area contributed by atoms with E-state index in [4.69, 9.17) is 5.73 Å². The molecule has 1 fully saturated rings. The van der Waals surface area contributed by atoms with Crippen molar-refractivity contribution in [2.24, 2.45) is 0 Å². The Morgan fingerprint density at radius 1 is 1.32 bits per heavy atom. The van der Waals surface area contributed by atoms with Crippen LogP contribution in [0.1, 0.15) is 31.7 Å². The summed E-state index contributed by atoms with van der Waals surface area (Å²) < 4.78 is 0. The summed E-state index contributed by atoms with van der Waals surface area (Å²) >= 11 is 0. The zero-order valence-electron chi connectivity index (χ0n) is 12.1. The van der Waals surface area contributed by atoms with Gasteiger partial charge >= 0.3 is 0 Å². The number of nitrogens with zero attached hydrogens (tertiary/aromatic N) is 4. The quantitative estimate of drug-likeness (QED) is 0.843. The molecule has 5 heteroatoms. The van der Waals surface area contributed by atoms with Gasteiger partial charge in [-0.05, 0) is 32.4 Å². The maximum atomic E-state index is 5.98. The Bertz CT molecular complexity index is 401. The molecule has 1 saturated heterocycles. The number of aromatic nitrogens is 2. The van der Waals surface area contributed by atoms with E-state index in [0.29, 0.717) is 5.82 Å². The highest BCUT2D eigenvalue weighted by Crippen LogP contribution is 2.22. The average molecular weight is 263 g/mol. The average Bonchev–Trinajstić information content (AvgIpc) is 2.92. The molecule has 1 aliphatic rings. The summed E-state index contributed by atoms with van der Waals surface area (Å²) in [5.41, 5.74) is 7.07. The fourth-order valence-electron chi connectivity index (χ4n) is 2.64. The van der Waals surface area contributed by atoms with Gasteiger partial charge in [-0.1, -0.05) is 13.3 Å². The molecule has 0 radical (unpaired) electrons. The highest BCUT2D eigenvalue weighted by molar-refractivity contribution is 5.56. The van der Waals surface area contributed by atoms with E-state index in [1.54, 1.807) is 6.33 Å². The lowest BCUT2D eigenvalue weighted by molar-refractivity contribution is 0.346. The second-order valence-electron chi connectivity index (χ2n) is 5.28. The Balaban J connectivity index is 2.00. The minimum atomic E-state index is 0.625. The first-order valence-electron chi connectivity index (χ1n) is 7.25. The van der Waals surface area contributed by atoms with Gasteiger partial charge in [0.05, 0.1) is 0 Å². The first kappa shape index (κ1) is 14.1. The van der Waals surface area contributed by atoms with Crippen LogP contribution in [0.4, 0.5) is 11.6 Å². The van der Waals surface area contributed by atoms with Crippen LogP contribution in [0, 0.1) is 0 Å². The van der Waals surface area contributed by atoms with Crippen molar-refractivity contribution >= 4 is 11.6 Å². The highest BCUT2D eigenvalue weighted by Gasteiger charge is 2.15. The van der Waals surface area contributed by atoms with Gasteiger partial charge in [-0.25, -0.2) is 9.97 Å². The Morgan fingerprint density at radius 3 is 2.74 bits per heavy atom. The third kappa shape index (κ3) is 3.56. The lowest BCUT2D eigenvalue weighted by atomic mass is 10.1. The van der Waals surface area contributed by atoms with E-state index in [1.165, 1.54) is 25.9 Å². The molecule has 106 valence electrons. The van der Waals surface area contributed by atoms with Crippen molar-refractivity contribution in [1.29, 1.82) is 0 Å². The molecule has 0 atom stereocenters. The zero-order chi connectivity index (χ0) is 13.7. The molecule has 2 heterocycles. The van der Waals surface area contributed by atoms with Gasteiger partial charge in [0.1, 0.15) is 18.0 Å². The summed E-state index contributed by atoms with van der Waals surface area (Å²) in [6, 6.07) is 0. The van der Waals surface area contributed by atoms with Crippen LogP contribution < -0.4 is 10.6 Å². The first-order chi connectivity index (χ1) is 9.22. The van der Waals surface area contributed by atoms with Crippen molar-refractivity contribution < 1.29 is 0 Å². The third-order valence-electron chi connectivity index (χ3n) is 3.77. The molecule has 1 aromatic heterocycles. The normalized spacial score (nSPS) is 15.9. The van der Waals surface area contributed by atoms with Gasteiger partial charge in [0.25, 0.3) is 0 Å². The van der Waals surface area contributed by atoms with Gasteiger partial charge in [0.2, 0.25) is 0 Å². The van der Waals surface area contributed by atoms with Gasteiger partial charge in [0, 0.05) is 25.7 Å². The van der Waals surface area contributed by atoms with E-state index in [-0.39, 0.29) is 0 Å². The smallest absolute Gasteiger partial charge is 0.137 e. The van der Waals surface area contributed by atoms with Crippen molar-refractivity contribution in [3.8, 4) is 0 Å². The van der Waals surface area contributed by atoms with Crippen molar-refractivity contribution in [1.82, 2.24) is 14.9 Å². The zero-order valence-corrected chi connectivity index (χ0v) is 12.1. The number of nitrogen functional groups attached to an aromatic ring is 1. The molecule has 2 N–H and O–H groups in total. The fraction of sp³-hybridized carbons (Fsp3) is 0.714. The van der Waals surface area contributed by atoms with Crippen LogP contribution in [-0.2, 0) is 6.42 Å². The molecule has 0 aromatic carbocycles. The standard InChI is InChI=1S/C14H25N5/c1-3-6-12-13(15)16-11-17-14(12)18(2)9-10-19-7-4-5-8-19/h11H,3-10H2,1-2H3,(H2,15,16,17). The molecule has 1 aromatic rings. The number of rotatable bonds is 6. The molecule has 0 bridgehead atoms. The SMILES string of the molecule is CCCc1c(N)ncnc1N(C)CCN1CCCC1. The maximum Gasteiger partial charge on any atom is 0.137 e. The molecule has 5 nitrogen and oxygen atoms in total. The van der Waals surface area contributed by atoms with Crippen LogP contribution >= 0.6 is 0 Å². The summed E-state index contributed by atoms with van der Waals surface area (Å²) in [4.78, 5) is 13.3. The molecule has 1 aliphatic heterocycles. The Labute approximate surface area is 115 Å². The van der Waals surface area contributed by atoms with Gasteiger partial charge < -0.3 is 15.5 Å².